The summed E-state index contributed by atoms with van der Waals surface area (Å²) in [6.07, 6.45) is 46.5. The van der Waals surface area contributed by atoms with Crippen LogP contribution in [0, 0.1) is 5.92 Å². The molecule has 0 aromatic rings. The van der Waals surface area contributed by atoms with E-state index in [4.69, 9.17) is 5.11 Å². The van der Waals surface area contributed by atoms with Crippen LogP contribution in [-0.2, 0) is 14.4 Å². The van der Waals surface area contributed by atoms with Crippen molar-refractivity contribution in [3.63, 3.8) is 0 Å². The van der Waals surface area contributed by atoms with Crippen LogP contribution in [-0.4, -0.2) is 22.6 Å². The maximum absolute atomic E-state index is 13.1. The largest absolute Gasteiger partial charge is 0.481 e. The number of carbonyl (C=O) groups excluding carboxylic acids is 2. The minimum atomic E-state index is -0.762. The van der Waals surface area contributed by atoms with Crippen LogP contribution in [0.15, 0.2) is 24.3 Å². The van der Waals surface area contributed by atoms with E-state index in [1.807, 2.05) is 0 Å². The van der Waals surface area contributed by atoms with Crippen molar-refractivity contribution in [2.45, 2.75) is 232 Å². The number of allylic oxidation sites excluding steroid dienone is 4. The van der Waals surface area contributed by atoms with Gasteiger partial charge in [0.1, 0.15) is 11.6 Å². The van der Waals surface area contributed by atoms with Gasteiger partial charge in [-0.15, -0.1) is 0 Å². The summed E-state index contributed by atoms with van der Waals surface area (Å²) in [7, 11) is 0. The molecule has 0 radical (unpaired) electrons. The van der Waals surface area contributed by atoms with Crippen molar-refractivity contribution in [2.75, 3.05) is 0 Å². The van der Waals surface area contributed by atoms with E-state index in [1.54, 1.807) is 0 Å². The van der Waals surface area contributed by atoms with Crippen LogP contribution in [0.2, 0.25) is 0 Å². The third-order valence-electron chi connectivity index (χ3n) is 9.78. The third-order valence-corrected chi connectivity index (χ3v) is 9.78. The number of Topliss-reactive ketones (excluding diaryl/α,β-unsaturated/α-hetero) is 2. The van der Waals surface area contributed by atoms with E-state index < -0.39 is 5.97 Å². The average Bonchev–Trinajstić information content (AvgIpc) is 3.07. The van der Waals surface area contributed by atoms with Gasteiger partial charge in [-0.3, -0.25) is 14.4 Å². The Hall–Kier alpha value is -1.71. The molecule has 1 atom stereocenters. The van der Waals surface area contributed by atoms with E-state index in [-0.39, 0.29) is 23.9 Å². The maximum atomic E-state index is 13.1. The molecule has 0 fully saturated rings. The summed E-state index contributed by atoms with van der Waals surface area (Å²) in [5.41, 5.74) is 0. The van der Waals surface area contributed by atoms with E-state index in [0.717, 1.165) is 51.4 Å². The zero-order valence-electron chi connectivity index (χ0n) is 32.1. The number of unbranched alkanes of at least 4 members (excludes halogenated alkanes) is 24. The molecule has 1 unspecified atom stereocenters. The number of hydrogen-bond acceptors (Lipinski definition) is 3. The highest BCUT2D eigenvalue weighted by atomic mass is 16.4. The predicted molar refractivity (Wildman–Crippen MR) is 208 cm³/mol. The van der Waals surface area contributed by atoms with Crippen molar-refractivity contribution in [3.05, 3.63) is 24.3 Å². The van der Waals surface area contributed by atoms with Gasteiger partial charge in [-0.25, -0.2) is 0 Å². The Balaban J connectivity index is 4.10. The Morgan fingerprint density at radius 3 is 1.23 bits per heavy atom. The second-order valence-corrected chi connectivity index (χ2v) is 14.6. The molecule has 0 aliphatic carbocycles. The first kappa shape index (κ1) is 46.3. The molecule has 0 aromatic carbocycles. The van der Waals surface area contributed by atoms with Crippen LogP contribution < -0.4 is 0 Å². The first-order valence-electron chi connectivity index (χ1n) is 21.1. The lowest BCUT2D eigenvalue weighted by Crippen LogP contribution is -2.19. The van der Waals surface area contributed by atoms with Crippen molar-refractivity contribution in [2.24, 2.45) is 5.92 Å². The minimum Gasteiger partial charge on any atom is -0.481 e. The van der Waals surface area contributed by atoms with Gasteiger partial charge in [0, 0.05) is 31.6 Å². The van der Waals surface area contributed by atoms with Gasteiger partial charge in [0.05, 0.1) is 0 Å². The molecule has 4 nitrogen and oxygen atoms in total. The van der Waals surface area contributed by atoms with Gasteiger partial charge in [-0.1, -0.05) is 154 Å². The van der Waals surface area contributed by atoms with Gasteiger partial charge < -0.3 is 5.11 Å². The van der Waals surface area contributed by atoms with Crippen LogP contribution >= 0.6 is 0 Å². The van der Waals surface area contributed by atoms with Crippen LogP contribution in [0.1, 0.15) is 232 Å². The Bertz CT molecular complexity index is 783. The summed E-state index contributed by atoms with van der Waals surface area (Å²) in [6, 6.07) is 0. The minimum absolute atomic E-state index is 0.178. The van der Waals surface area contributed by atoms with Gasteiger partial charge in [0.25, 0.3) is 0 Å². The summed E-state index contributed by atoms with van der Waals surface area (Å²) < 4.78 is 0. The Labute approximate surface area is 298 Å². The topological polar surface area (TPSA) is 71.4 Å². The van der Waals surface area contributed by atoms with Crippen LogP contribution in [0.5, 0.6) is 0 Å². The molecule has 0 amide bonds. The lowest BCUT2D eigenvalue weighted by molar-refractivity contribution is -0.137. The first-order valence-corrected chi connectivity index (χ1v) is 21.1. The second kappa shape index (κ2) is 38.1. The fourth-order valence-electron chi connectivity index (χ4n) is 6.56. The van der Waals surface area contributed by atoms with Gasteiger partial charge in [-0.2, -0.15) is 0 Å². The van der Waals surface area contributed by atoms with Gasteiger partial charge in [0.15, 0.2) is 0 Å². The SMILES string of the molecule is CCCCCCCC/C=C\CCCCCCCC(=O)CC(CCCCCC(=O)O)C(=O)CCCCCCC/C=C\CCCCCCCC. The molecule has 0 aliphatic rings. The first-order chi connectivity index (χ1) is 23.5. The lowest BCUT2D eigenvalue weighted by Gasteiger charge is -2.15. The van der Waals surface area contributed by atoms with Gasteiger partial charge >= 0.3 is 5.97 Å². The zero-order chi connectivity index (χ0) is 35.2. The number of carboxylic acids is 1. The van der Waals surface area contributed by atoms with E-state index in [9.17, 15) is 14.4 Å². The van der Waals surface area contributed by atoms with Crippen molar-refractivity contribution in [1.82, 2.24) is 0 Å². The van der Waals surface area contributed by atoms with E-state index in [1.165, 1.54) is 135 Å². The molecule has 1 N–H and O–H groups in total. The fraction of sp³-hybridized carbons (Fsp3) is 0.841. The van der Waals surface area contributed by atoms with Crippen molar-refractivity contribution >= 4 is 17.5 Å². The molecular weight excluding hydrogens is 592 g/mol. The predicted octanol–water partition coefficient (Wildman–Crippen LogP) is 14.2. The van der Waals surface area contributed by atoms with E-state index in [0.29, 0.717) is 25.7 Å². The summed E-state index contributed by atoms with van der Waals surface area (Å²) in [5, 5.41) is 8.92. The maximum Gasteiger partial charge on any atom is 0.303 e. The van der Waals surface area contributed by atoms with E-state index in [2.05, 4.69) is 38.2 Å². The molecule has 0 saturated carbocycles. The average molecular weight is 673 g/mol. The number of carbonyl (C=O) groups is 3. The van der Waals surface area contributed by atoms with Crippen molar-refractivity contribution < 1.29 is 19.5 Å². The van der Waals surface area contributed by atoms with Crippen LogP contribution in [0.3, 0.4) is 0 Å². The molecule has 0 rings (SSSR count). The molecular formula is C44H80O4. The molecule has 0 bridgehead atoms. The molecule has 0 aromatic heterocycles. The highest BCUT2D eigenvalue weighted by Crippen LogP contribution is 2.21. The molecule has 4 heteroatoms. The number of rotatable bonds is 39. The quantitative estimate of drug-likeness (QED) is 0.0521. The Morgan fingerprint density at radius 2 is 0.792 bits per heavy atom. The normalized spacial score (nSPS) is 12.4. The fourth-order valence-corrected chi connectivity index (χ4v) is 6.56. The molecule has 48 heavy (non-hydrogen) atoms. The zero-order valence-corrected chi connectivity index (χ0v) is 32.1. The Morgan fingerprint density at radius 1 is 0.438 bits per heavy atom. The summed E-state index contributed by atoms with van der Waals surface area (Å²) in [4.78, 5) is 36.8. The van der Waals surface area contributed by atoms with Crippen molar-refractivity contribution in [1.29, 1.82) is 0 Å². The molecule has 0 heterocycles. The molecule has 0 aliphatic heterocycles. The standard InChI is InChI=1S/C44H80O4/c1-3-5-7-9-11-13-15-17-19-21-23-25-27-29-33-37-42(45)40-41(36-32-31-35-39-44(47)48)43(46)38-34-30-28-26-24-22-20-18-16-14-12-10-8-6-4-2/h17-20,41H,3-16,21-40H2,1-2H3,(H,47,48)/b19-17-,20-18-. The second-order valence-electron chi connectivity index (χ2n) is 14.6. The number of aliphatic carboxylic acids is 1. The molecule has 0 spiro atoms. The van der Waals surface area contributed by atoms with E-state index >= 15 is 0 Å². The van der Waals surface area contributed by atoms with Crippen molar-refractivity contribution in [3.8, 4) is 0 Å². The van der Waals surface area contributed by atoms with Gasteiger partial charge in [0.2, 0.25) is 0 Å². The highest BCUT2D eigenvalue weighted by Gasteiger charge is 2.21. The highest BCUT2D eigenvalue weighted by molar-refractivity contribution is 5.87. The number of hydrogen-bond donors (Lipinski definition) is 1. The smallest absolute Gasteiger partial charge is 0.303 e. The molecule has 280 valence electrons. The third kappa shape index (κ3) is 35.6. The lowest BCUT2D eigenvalue weighted by atomic mass is 9.88. The van der Waals surface area contributed by atoms with Crippen LogP contribution in [0.25, 0.3) is 0 Å². The molecule has 0 saturated heterocycles. The monoisotopic (exact) mass is 673 g/mol. The summed E-state index contributed by atoms with van der Waals surface area (Å²) in [6.45, 7) is 4.53. The number of ketones is 2. The summed E-state index contributed by atoms with van der Waals surface area (Å²) in [5.74, 6) is -0.450. The van der Waals surface area contributed by atoms with Gasteiger partial charge in [-0.05, 0) is 77.0 Å². The number of carboxylic acid groups (broad SMARTS) is 1. The van der Waals surface area contributed by atoms with Crippen LogP contribution in [0.4, 0.5) is 0 Å². The summed E-state index contributed by atoms with van der Waals surface area (Å²) >= 11 is 0. The Kier molecular flexibility index (Phi) is 36.7.